The van der Waals surface area contributed by atoms with E-state index in [0.29, 0.717) is 26.1 Å². The molecule has 0 saturated carbocycles. The molecule has 1 N–H and O–H groups in total. The molecule has 47 heavy (non-hydrogen) atoms. The van der Waals surface area contributed by atoms with Crippen molar-refractivity contribution in [1.29, 1.82) is 0 Å². The third-order valence-electron chi connectivity index (χ3n) is 7.01. The van der Waals surface area contributed by atoms with E-state index in [4.69, 9.17) is 9.47 Å². The maximum Gasteiger partial charge on any atom is 0.410 e. The van der Waals surface area contributed by atoms with E-state index in [1.54, 1.807) is 50.3 Å². The van der Waals surface area contributed by atoms with E-state index in [1.807, 2.05) is 48.5 Å². The molecule has 0 aliphatic rings. The maximum atomic E-state index is 13.3. The summed E-state index contributed by atoms with van der Waals surface area (Å²) < 4.78 is 14.6. The monoisotopic (exact) mass is 670 g/mol. The van der Waals surface area contributed by atoms with Gasteiger partial charge in [0, 0.05) is 25.5 Å². The van der Waals surface area contributed by atoms with Crippen LogP contribution in [0.3, 0.4) is 0 Å². The molecule has 1 atom stereocenters. The Balaban J connectivity index is 1.11. The van der Waals surface area contributed by atoms with Gasteiger partial charge in [-0.05, 0) is 48.4 Å². The van der Waals surface area contributed by atoms with Gasteiger partial charge in [-0.1, -0.05) is 24.3 Å². The van der Waals surface area contributed by atoms with Gasteiger partial charge in [0.1, 0.15) is 44.6 Å². The first-order valence-electron chi connectivity index (χ1n) is 14.6. The zero-order valence-corrected chi connectivity index (χ0v) is 26.7. The van der Waals surface area contributed by atoms with Gasteiger partial charge in [0.2, 0.25) is 0 Å². The van der Waals surface area contributed by atoms with Crippen molar-refractivity contribution >= 4 is 34.7 Å². The fourth-order valence-corrected chi connectivity index (χ4v) is 5.65. The van der Waals surface area contributed by atoms with Crippen LogP contribution in [0, 0.1) is 0 Å². The molecule has 1 unspecified atom stereocenters. The van der Waals surface area contributed by atoms with E-state index in [9.17, 15) is 9.59 Å². The molecule has 0 aliphatic carbocycles. The molecule has 0 saturated heterocycles. The van der Waals surface area contributed by atoms with Crippen LogP contribution in [0.4, 0.5) is 4.79 Å². The standard InChI is InChI=1S/C31H30N10O4S2/c42-30(44-15-27-12-32-21-46-27)29(24-4-8-26(9-5-24)41-20-35-18-38-41)36-10-1-11-39(31(43)45-16-28-13-33-22-47-28)14-23-2-6-25(7-3-23)40-19-34-17-37-40/h2-9,12-13,17-22,29,36H,1,10-11,14-16H2. The number of benzene rings is 2. The molecule has 14 nitrogen and oxygen atoms in total. The molecular formula is C31H30N10O4S2. The van der Waals surface area contributed by atoms with Gasteiger partial charge in [-0.2, -0.15) is 10.2 Å². The summed E-state index contributed by atoms with van der Waals surface area (Å²) in [6, 6.07) is 14.4. The van der Waals surface area contributed by atoms with Gasteiger partial charge in [0.05, 0.1) is 32.2 Å². The van der Waals surface area contributed by atoms with Crippen molar-refractivity contribution in [3.05, 3.63) is 118 Å². The summed E-state index contributed by atoms with van der Waals surface area (Å²) in [7, 11) is 0. The van der Waals surface area contributed by atoms with Gasteiger partial charge < -0.3 is 19.7 Å². The number of hydrogen-bond donors (Lipinski definition) is 1. The van der Waals surface area contributed by atoms with Crippen LogP contribution in [0.2, 0.25) is 0 Å². The number of nitrogens with one attached hydrogen (secondary N) is 1. The molecule has 0 spiro atoms. The van der Waals surface area contributed by atoms with Gasteiger partial charge in [0.25, 0.3) is 0 Å². The van der Waals surface area contributed by atoms with Crippen LogP contribution in [0.25, 0.3) is 11.4 Å². The summed E-state index contributed by atoms with van der Waals surface area (Å²) in [5, 5.41) is 11.7. The Hall–Kier alpha value is -5.32. The first kappa shape index (κ1) is 31.7. The fourth-order valence-electron chi connectivity index (χ4n) is 4.64. The second-order valence-electron chi connectivity index (χ2n) is 10.2. The molecular weight excluding hydrogens is 641 g/mol. The topological polar surface area (TPSA) is 155 Å². The highest BCUT2D eigenvalue weighted by Crippen LogP contribution is 2.20. The molecule has 1 amide bonds. The Bertz CT molecular complexity index is 1800. The lowest BCUT2D eigenvalue weighted by Crippen LogP contribution is -2.35. The van der Waals surface area contributed by atoms with Crippen LogP contribution in [0.5, 0.6) is 0 Å². The number of rotatable bonds is 15. The minimum atomic E-state index is -0.733. The third kappa shape index (κ3) is 8.69. The Morgan fingerprint density at radius 3 is 1.94 bits per heavy atom. The third-order valence-corrected chi connectivity index (χ3v) is 8.52. The first-order valence-corrected chi connectivity index (χ1v) is 16.3. The second-order valence-corrected chi connectivity index (χ2v) is 12.1. The average Bonchev–Trinajstić information content (AvgIpc) is 3.95. The highest BCUT2D eigenvalue weighted by atomic mass is 32.1. The van der Waals surface area contributed by atoms with E-state index in [0.717, 1.165) is 32.3 Å². The van der Waals surface area contributed by atoms with E-state index >= 15 is 0 Å². The zero-order valence-electron chi connectivity index (χ0n) is 25.0. The van der Waals surface area contributed by atoms with E-state index in [2.05, 4.69) is 35.5 Å². The van der Waals surface area contributed by atoms with Crippen molar-refractivity contribution in [3.63, 3.8) is 0 Å². The van der Waals surface area contributed by atoms with Crippen molar-refractivity contribution < 1.29 is 19.1 Å². The van der Waals surface area contributed by atoms with Gasteiger partial charge >= 0.3 is 12.1 Å². The number of esters is 1. The predicted octanol–water partition coefficient (Wildman–Crippen LogP) is 4.36. The summed E-state index contributed by atoms with van der Waals surface area (Å²) in [6.45, 7) is 1.42. The lowest BCUT2D eigenvalue weighted by Gasteiger charge is -2.23. The van der Waals surface area contributed by atoms with Gasteiger partial charge in [-0.3, -0.25) is 9.97 Å². The Morgan fingerprint density at radius 2 is 1.38 bits per heavy atom. The quantitative estimate of drug-likeness (QED) is 0.122. The lowest BCUT2D eigenvalue weighted by atomic mass is 10.1. The molecule has 0 radical (unpaired) electrons. The Kier molecular flexibility index (Phi) is 10.6. The smallest absolute Gasteiger partial charge is 0.410 e. The number of thiazole rings is 2. The zero-order chi connectivity index (χ0) is 32.3. The first-order chi connectivity index (χ1) is 23.1. The molecule has 4 aromatic heterocycles. The number of carbonyl (C=O) groups excluding carboxylic acids is 2. The van der Waals surface area contributed by atoms with Crippen LogP contribution >= 0.6 is 22.7 Å². The number of hydrogen-bond acceptors (Lipinski definition) is 13. The van der Waals surface area contributed by atoms with Crippen molar-refractivity contribution in [2.45, 2.75) is 32.2 Å². The summed E-state index contributed by atoms with van der Waals surface area (Å²) in [6.07, 6.45) is 9.63. The molecule has 4 heterocycles. The lowest BCUT2D eigenvalue weighted by molar-refractivity contribution is -0.147. The van der Waals surface area contributed by atoms with E-state index < -0.39 is 18.1 Å². The van der Waals surface area contributed by atoms with E-state index in [1.165, 1.54) is 35.3 Å². The normalized spacial score (nSPS) is 11.7. The SMILES string of the molecule is O=C(OCc1cncs1)C(NCCCN(Cc1ccc(-n2cncn2)cc1)C(=O)OCc1cncs1)c1ccc(-n2cncn2)cc1. The fraction of sp³-hybridized carbons (Fsp3) is 0.226. The molecule has 0 aliphatic heterocycles. The second kappa shape index (κ2) is 15.8. The molecule has 0 bridgehead atoms. The number of ether oxygens (including phenoxy) is 2. The molecule has 0 fully saturated rings. The number of aromatic nitrogens is 8. The van der Waals surface area contributed by atoms with Crippen LogP contribution in [-0.2, 0) is 34.0 Å². The summed E-state index contributed by atoms with van der Waals surface area (Å²) in [5.41, 5.74) is 6.72. The maximum absolute atomic E-state index is 13.3. The molecule has 2 aromatic carbocycles. The molecule has 6 rings (SSSR count). The van der Waals surface area contributed by atoms with Crippen LogP contribution in [-0.4, -0.2) is 69.5 Å². The highest BCUT2D eigenvalue weighted by molar-refractivity contribution is 7.09. The molecule has 16 heteroatoms. The van der Waals surface area contributed by atoms with Crippen LogP contribution < -0.4 is 5.32 Å². The number of nitrogens with zero attached hydrogens (tertiary/aromatic N) is 9. The largest absolute Gasteiger partial charge is 0.458 e. The van der Waals surface area contributed by atoms with E-state index in [-0.39, 0.29) is 13.2 Å². The number of amides is 1. The summed E-state index contributed by atoms with van der Waals surface area (Å²) in [5.74, 6) is -0.416. The van der Waals surface area contributed by atoms with Crippen molar-refractivity contribution in [2.75, 3.05) is 13.1 Å². The Morgan fingerprint density at radius 1 is 0.787 bits per heavy atom. The number of carbonyl (C=O) groups is 2. The van der Waals surface area contributed by atoms with Crippen LogP contribution in [0.1, 0.15) is 33.3 Å². The minimum Gasteiger partial charge on any atom is -0.458 e. The van der Waals surface area contributed by atoms with Crippen LogP contribution in [0.15, 0.2) is 97.3 Å². The van der Waals surface area contributed by atoms with Crippen molar-refractivity contribution in [2.24, 2.45) is 0 Å². The average molecular weight is 671 g/mol. The van der Waals surface area contributed by atoms with Gasteiger partial charge in [-0.25, -0.2) is 28.9 Å². The van der Waals surface area contributed by atoms with Crippen molar-refractivity contribution in [3.8, 4) is 11.4 Å². The highest BCUT2D eigenvalue weighted by Gasteiger charge is 2.23. The summed E-state index contributed by atoms with van der Waals surface area (Å²) in [4.78, 5) is 46.0. The minimum absolute atomic E-state index is 0.133. The molecule has 6 aromatic rings. The summed E-state index contributed by atoms with van der Waals surface area (Å²) >= 11 is 2.84. The predicted molar refractivity (Wildman–Crippen MR) is 173 cm³/mol. The van der Waals surface area contributed by atoms with Gasteiger partial charge in [-0.15, -0.1) is 22.7 Å². The van der Waals surface area contributed by atoms with Crippen molar-refractivity contribution in [1.82, 2.24) is 49.7 Å². The Labute approximate surface area is 277 Å². The van der Waals surface area contributed by atoms with Gasteiger partial charge in [0.15, 0.2) is 0 Å². The molecule has 240 valence electrons.